The molecule has 2 rings (SSSR count). The molecule has 0 aromatic carbocycles. The molecule has 90 valence electrons. The Morgan fingerprint density at radius 1 is 1.38 bits per heavy atom. The Labute approximate surface area is 95.9 Å². The largest absolute Gasteiger partial charge is 0.466 e. The standard InChI is InChI=1S/C12H19NO3/c1-2-16-12(15)6-11(14)8-13-7-9-3-4-10(13)5-9/h9-10H,2-8H2,1H3. The number of ether oxygens (including phenoxy) is 1. The summed E-state index contributed by atoms with van der Waals surface area (Å²) in [7, 11) is 0. The van der Waals surface area contributed by atoms with Gasteiger partial charge in [-0.15, -0.1) is 0 Å². The van der Waals surface area contributed by atoms with Crippen LogP contribution in [-0.2, 0) is 14.3 Å². The van der Waals surface area contributed by atoms with Crippen LogP contribution in [-0.4, -0.2) is 42.4 Å². The highest BCUT2D eigenvalue weighted by atomic mass is 16.5. The number of esters is 1. The van der Waals surface area contributed by atoms with E-state index in [0.29, 0.717) is 19.2 Å². The first-order valence-corrected chi connectivity index (χ1v) is 6.10. The molecule has 1 saturated heterocycles. The fourth-order valence-electron chi connectivity index (χ4n) is 2.88. The lowest BCUT2D eigenvalue weighted by atomic mass is 10.1. The van der Waals surface area contributed by atoms with Crippen LogP contribution in [0.2, 0.25) is 0 Å². The minimum absolute atomic E-state index is 0.00833. The Bertz CT molecular complexity index is 290. The molecule has 4 heteroatoms. The molecule has 0 aromatic heterocycles. The summed E-state index contributed by atoms with van der Waals surface area (Å²) in [5.41, 5.74) is 0. The van der Waals surface area contributed by atoms with Crippen molar-refractivity contribution in [3.05, 3.63) is 0 Å². The van der Waals surface area contributed by atoms with Crippen molar-refractivity contribution in [3.8, 4) is 0 Å². The Kier molecular flexibility index (Phi) is 3.59. The third kappa shape index (κ3) is 2.61. The lowest BCUT2D eigenvalue weighted by Crippen LogP contribution is -2.37. The number of carbonyl (C=O) groups is 2. The van der Waals surface area contributed by atoms with Crippen LogP contribution in [0.25, 0.3) is 0 Å². The minimum Gasteiger partial charge on any atom is -0.466 e. The van der Waals surface area contributed by atoms with Crippen LogP contribution in [0.4, 0.5) is 0 Å². The summed E-state index contributed by atoms with van der Waals surface area (Å²) in [6.45, 7) is 3.57. The zero-order chi connectivity index (χ0) is 11.5. The lowest BCUT2D eigenvalue weighted by molar-refractivity contribution is -0.145. The van der Waals surface area contributed by atoms with Crippen LogP contribution < -0.4 is 0 Å². The van der Waals surface area contributed by atoms with E-state index in [1.807, 2.05) is 0 Å². The molecule has 2 aliphatic rings. The summed E-state index contributed by atoms with van der Waals surface area (Å²) in [5, 5.41) is 0. The molecule has 0 aromatic rings. The molecular weight excluding hydrogens is 206 g/mol. The van der Waals surface area contributed by atoms with Gasteiger partial charge in [-0.2, -0.15) is 0 Å². The number of hydrogen-bond acceptors (Lipinski definition) is 4. The van der Waals surface area contributed by atoms with Crippen LogP contribution in [0, 0.1) is 5.92 Å². The van der Waals surface area contributed by atoms with Gasteiger partial charge in [-0.1, -0.05) is 0 Å². The fourth-order valence-corrected chi connectivity index (χ4v) is 2.88. The molecule has 4 nitrogen and oxygen atoms in total. The molecular formula is C12H19NO3. The maximum atomic E-state index is 11.6. The highest BCUT2D eigenvalue weighted by Crippen LogP contribution is 2.36. The van der Waals surface area contributed by atoms with E-state index in [-0.39, 0.29) is 12.2 Å². The quantitative estimate of drug-likeness (QED) is 0.517. The molecule has 2 unspecified atom stereocenters. The van der Waals surface area contributed by atoms with Crippen LogP contribution in [0.15, 0.2) is 0 Å². The maximum Gasteiger partial charge on any atom is 0.313 e. The number of hydrogen-bond donors (Lipinski definition) is 0. The first-order chi connectivity index (χ1) is 7.69. The smallest absolute Gasteiger partial charge is 0.313 e. The first-order valence-electron chi connectivity index (χ1n) is 6.10. The zero-order valence-electron chi connectivity index (χ0n) is 9.78. The molecule has 0 amide bonds. The highest BCUT2D eigenvalue weighted by Gasteiger charge is 2.38. The molecule has 1 saturated carbocycles. The number of carbonyl (C=O) groups excluding carboxylic acids is 2. The Morgan fingerprint density at radius 2 is 2.19 bits per heavy atom. The van der Waals surface area contributed by atoms with Crippen molar-refractivity contribution < 1.29 is 14.3 Å². The van der Waals surface area contributed by atoms with Gasteiger partial charge in [-0.25, -0.2) is 0 Å². The monoisotopic (exact) mass is 225 g/mol. The Morgan fingerprint density at radius 3 is 2.75 bits per heavy atom. The highest BCUT2D eigenvalue weighted by molar-refractivity contribution is 5.96. The van der Waals surface area contributed by atoms with Gasteiger partial charge < -0.3 is 4.74 Å². The molecule has 1 heterocycles. The van der Waals surface area contributed by atoms with Gasteiger partial charge in [-0.05, 0) is 32.1 Å². The summed E-state index contributed by atoms with van der Waals surface area (Å²) >= 11 is 0. The molecule has 0 spiro atoms. The second-order valence-corrected chi connectivity index (χ2v) is 4.78. The van der Waals surface area contributed by atoms with Crippen molar-refractivity contribution in [2.24, 2.45) is 5.92 Å². The number of Topliss-reactive ketones (excluding diaryl/α,β-unsaturated/α-hetero) is 1. The van der Waals surface area contributed by atoms with E-state index >= 15 is 0 Å². The average Bonchev–Trinajstić information content (AvgIpc) is 2.78. The van der Waals surface area contributed by atoms with Crippen molar-refractivity contribution in [3.63, 3.8) is 0 Å². The van der Waals surface area contributed by atoms with Gasteiger partial charge in [-0.3, -0.25) is 14.5 Å². The summed E-state index contributed by atoms with van der Waals surface area (Å²) in [6, 6.07) is 0.594. The van der Waals surface area contributed by atoms with Crippen LogP contribution in [0.1, 0.15) is 32.6 Å². The normalized spacial score (nSPS) is 28.3. The summed E-state index contributed by atoms with van der Waals surface area (Å²) in [4.78, 5) is 25.0. The summed E-state index contributed by atoms with van der Waals surface area (Å²) in [5.74, 6) is 0.392. The van der Waals surface area contributed by atoms with Gasteiger partial charge in [0, 0.05) is 12.6 Å². The molecule has 2 bridgehead atoms. The summed E-state index contributed by atoms with van der Waals surface area (Å²) < 4.78 is 4.76. The van der Waals surface area contributed by atoms with E-state index in [4.69, 9.17) is 4.74 Å². The van der Waals surface area contributed by atoms with E-state index in [1.54, 1.807) is 6.92 Å². The SMILES string of the molecule is CCOC(=O)CC(=O)CN1CC2CCC1C2. The van der Waals surface area contributed by atoms with E-state index in [1.165, 1.54) is 19.3 Å². The van der Waals surface area contributed by atoms with Crippen LogP contribution in [0.5, 0.6) is 0 Å². The number of piperidine rings is 1. The topological polar surface area (TPSA) is 46.6 Å². The molecule has 0 radical (unpaired) electrons. The van der Waals surface area contributed by atoms with E-state index in [0.717, 1.165) is 12.5 Å². The predicted molar refractivity (Wildman–Crippen MR) is 59.0 cm³/mol. The van der Waals surface area contributed by atoms with Crippen LogP contribution >= 0.6 is 0 Å². The number of fused-ring (bicyclic) bond motifs is 2. The summed E-state index contributed by atoms with van der Waals surface area (Å²) in [6.07, 6.45) is 3.71. The van der Waals surface area contributed by atoms with Crippen molar-refractivity contribution in [2.75, 3.05) is 19.7 Å². The van der Waals surface area contributed by atoms with E-state index < -0.39 is 5.97 Å². The average molecular weight is 225 g/mol. The zero-order valence-corrected chi connectivity index (χ0v) is 9.78. The van der Waals surface area contributed by atoms with Gasteiger partial charge in [0.05, 0.1) is 13.2 Å². The third-order valence-electron chi connectivity index (χ3n) is 3.55. The van der Waals surface area contributed by atoms with Gasteiger partial charge in [0.1, 0.15) is 6.42 Å². The molecule has 1 aliphatic carbocycles. The molecule has 0 N–H and O–H groups in total. The number of likely N-dealkylation sites (tertiary alicyclic amines) is 1. The van der Waals surface area contributed by atoms with Crippen molar-refractivity contribution in [1.82, 2.24) is 4.90 Å². The third-order valence-corrected chi connectivity index (χ3v) is 3.55. The van der Waals surface area contributed by atoms with Gasteiger partial charge in [0.2, 0.25) is 0 Å². The second kappa shape index (κ2) is 4.95. The second-order valence-electron chi connectivity index (χ2n) is 4.78. The fraction of sp³-hybridized carbons (Fsp3) is 0.833. The van der Waals surface area contributed by atoms with Gasteiger partial charge >= 0.3 is 5.97 Å². The van der Waals surface area contributed by atoms with Gasteiger partial charge in [0.25, 0.3) is 0 Å². The number of ketones is 1. The maximum absolute atomic E-state index is 11.6. The predicted octanol–water partition coefficient (Wildman–Crippen LogP) is 0.993. The van der Waals surface area contributed by atoms with Crippen molar-refractivity contribution in [1.29, 1.82) is 0 Å². The molecule has 16 heavy (non-hydrogen) atoms. The number of rotatable bonds is 5. The molecule has 2 atom stereocenters. The van der Waals surface area contributed by atoms with Crippen molar-refractivity contribution >= 4 is 11.8 Å². The van der Waals surface area contributed by atoms with Gasteiger partial charge in [0.15, 0.2) is 5.78 Å². The number of nitrogens with zero attached hydrogens (tertiary/aromatic N) is 1. The van der Waals surface area contributed by atoms with E-state index in [2.05, 4.69) is 4.90 Å². The minimum atomic E-state index is -0.392. The van der Waals surface area contributed by atoms with E-state index in [9.17, 15) is 9.59 Å². The molecule has 1 aliphatic heterocycles. The first kappa shape index (κ1) is 11.6. The molecule has 2 fully saturated rings. The van der Waals surface area contributed by atoms with Crippen molar-refractivity contribution in [2.45, 2.75) is 38.6 Å². The Hall–Kier alpha value is -0.900. The Balaban J connectivity index is 1.73. The van der Waals surface area contributed by atoms with Crippen LogP contribution in [0.3, 0.4) is 0 Å². The lowest BCUT2D eigenvalue weighted by Gasteiger charge is -2.25.